The first-order chi connectivity index (χ1) is 12.7. The molecule has 1 heterocycles. The Labute approximate surface area is 160 Å². The third-order valence-corrected chi connectivity index (χ3v) is 6.06. The normalized spacial score (nSPS) is 21.5. The Kier molecular flexibility index (Phi) is 5.01. The summed E-state index contributed by atoms with van der Waals surface area (Å²) in [6.07, 6.45) is 4.31. The molecule has 1 unspecified atom stereocenters. The summed E-state index contributed by atoms with van der Waals surface area (Å²) < 4.78 is 0. The molecule has 1 aliphatic heterocycles. The zero-order valence-corrected chi connectivity index (χ0v) is 15.7. The first kappa shape index (κ1) is 17.6. The summed E-state index contributed by atoms with van der Waals surface area (Å²) >= 11 is 6.00. The minimum atomic E-state index is -0.00350. The molecule has 136 valence electrons. The predicted octanol–water partition coefficient (Wildman–Crippen LogP) is 4.15. The monoisotopic (exact) mass is 368 g/mol. The maximum absolute atomic E-state index is 12.8. The maximum atomic E-state index is 12.8. The first-order valence-electron chi connectivity index (χ1n) is 9.48. The fourth-order valence-corrected chi connectivity index (χ4v) is 4.15. The lowest BCUT2D eigenvalue weighted by Gasteiger charge is -2.25. The summed E-state index contributed by atoms with van der Waals surface area (Å²) in [5.41, 5.74) is 2.67. The lowest BCUT2D eigenvalue weighted by molar-refractivity contribution is -0.125. The highest BCUT2D eigenvalue weighted by molar-refractivity contribution is 6.30. The van der Waals surface area contributed by atoms with Crippen molar-refractivity contribution < 1.29 is 4.79 Å². The zero-order chi connectivity index (χ0) is 18.0. The van der Waals surface area contributed by atoms with Crippen LogP contribution in [0.3, 0.4) is 0 Å². The van der Waals surface area contributed by atoms with Gasteiger partial charge >= 0.3 is 0 Å². The minimum Gasteiger partial charge on any atom is -0.354 e. The molecule has 2 fully saturated rings. The van der Waals surface area contributed by atoms with Gasteiger partial charge in [-0.3, -0.25) is 9.69 Å². The SMILES string of the molecule is O=C(NCC1(c2ccc(Cl)cc2)CC1)C1CCCN1Cc1ccccc1. The van der Waals surface area contributed by atoms with Crippen LogP contribution in [0.1, 0.15) is 36.8 Å². The molecule has 0 bridgehead atoms. The van der Waals surface area contributed by atoms with Gasteiger partial charge in [0.15, 0.2) is 0 Å². The second-order valence-corrected chi connectivity index (χ2v) is 8.06. The summed E-state index contributed by atoms with van der Waals surface area (Å²) in [6, 6.07) is 18.5. The molecule has 4 rings (SSSR count). The molecule has 0 aromatic heterocycles. The Balaban J connectivity index is 1.36. The number of halogens is 1. The van der Waals surface area contributed by atoms with Gasteiger partial charge in [0.25, 0.3) is 0 Å². The Morgan fingerprint density at radius 2 is 1.85 bits per heavy atom. The molecular weight excluding hydrogens is 344 g/mol. The van der Waals surface area contributed by atoms with Crippen molar-refractivity contribution in [3.05, 3.63) is 70.7 Å². The number of carbonyl (C=O) groups is 1. The van der Waals surface area contributed by atoms with Crippen LogP contribution in [-0.4, -0.2) is 29.9 Å². The fourth-order valence-electron chi connectivity index (χ4n) is 4.03. The van der Waals surface area contributed by atoms with E-state index in [4.69, 9.17) is 11.6 Å². The lowest BCUT2D eigenvalue weighted by Crippen LogP contribution is -2.45. The third-order valence-electron chi connectivity index (χ3n) is 5.81. The summed E-state index contributed by atoms with van der Waals surface area (Å²) in [4.78, 5) is 15.1. The van der Waals surface area contributed by atoms with Gasteiger partial charge in [0.2, 0.25) is 5.91 Å². The Bertz CT molecular complexity index is 755. The van der Waals surface area contributed by atoms with Gasteiger partial charge in [0, 0.05) is 23.5 Å². The number of hydrogen-bond donors (Lipinski definition) is 1. The van der Waals surface area contributed by atoms with E-state index >= 15 is 0 Å². The summed E-state index contributed by atoms with van der Waals surface area (Å²) in [5.74, 6) is 0.179. The van der Waals surface area contributed by atoms with Crippen LogP contribution in [0, 0.1) is 0 Å². The van der Waals surface area contributed by atoms with E-state index in [0.717, 1.165) is 50.3 Å². The number of rotatable bonds is 6. The van der Waals surface area contributed by atoms with Crippen LogP contribution in [0.5, 0.6) is 0 Å². The number of carbonyl (C=O) groups excluding carboxylic acids is 1. The van der Waals surface area contributed by atoms with Crippen molar-refractivity contribution >= 4 is 17.5 Å². The number of likely N-dealkylation sites (tertiary alicyclic amines) is 1. The smallest absolute Gasteiger partial charge is 0.237 e. The summed E-state index contributed by atoms with van der Waals surface area (Å²) in [6.45, 7) is 2.57. The second kappa shape index (κ2) is 7.42. The van der Waals surface area contributed by atoms with Crippen molar-refractivity contribution in [2.45, 2.75) is 43.7 Å². The topological polar surface area (TPSA) is 32.3 Å². The number of amides is 1. The molecule has 1 saturated carbocycles. The van der Waals surface area contributed by atoms with E-state index in [2.05, 4.69) is 46.6 Å². The summed E-state index contributed by atoms with van der Waals surface area (Å²) in [7, 11) is 0. The molecule has 4 heteroatoms. The highest BCUT2D eigenvalue weighted by Gasteiger charge is 2.44. The first-order valence-corrected chi connectivity index (χ1v) is 9.86. The molecule has 2 aromatic carbocycles. The van der Waals surface area contributed by atoms with Gasteiger partial charge in [0.05, 0.1) is 6.04 Å². The molecule has 1 N–H and O–H groups in total. The zero-order valence-electron chi connectivity index (χ0n) is 15.0. The van der Waals surface area contributed by atoms with Crippen LogP contribution in [0.15, 0.2) is 54.6 Å². The van der Waals surface area contributed by atoms with Crippen molar-refractivity contribution in [2.75, 3.05) is 13.1 Å². The molecule has 1 atom stereocenters. The largest absolute Gasteiger partial charge is 0.354 e. The fraction of sp³-hybridized carbons (Fsp3) is 0.409. The average Bonchev–Trinajstić information content (AvgIpc) is 3.32. The van der Waals surface area contributed by atoms with Crippen LogP contribution in [-0.2, 0) is 16.8 Å². The number of benzene rings is 2. The van der Waals surface area contributed by atoms with Crippen LogP contribution in [0.4, 0.5) is 0 Å². The minimum absolute atomic E-state index is 0.00350. The van der Waals surface area contributed by atoms with Crippen molar-refractivity contribution in [1.82, 2.24) is 10.2 Å². The Morgan fingerprint density at radius 3 is 2.54 bits per heavy atom. The maximum Gasteiger partial charge on any atom is 0.237 e. The Hall–Kier alpha value is -1.84. The van der Waals surface area contributed by atoms with Crippen LogP contribution in [0.25, 0.3) is 0 Å². The van der Waals surface area contributed by atoms with Crippen LogP contribution in [0.2, 0.25) is 5.02 Å². The van der Waals surface area contributed by atoms with E-state index in [9.17, 15) is 4.79 Å². The molecule has 1 saturated heterocycles. The van der Waals surface area contributed by atoms with Gasteiger partial charge in [0.1, 0.15) is 0 Å². The van der Waals surface area contributed by atoms with Crippen LogP contribution < -0.4 is 5.32 Å². The van der Waals surface area contributed by atoms with Crippen molar-refractivity contribution in [3.8, 4) is 0 Å². The molecule has 0 spiro atoms. The molecule has 26 heavy (non-hydrogen) atoms. The van der Waals surface area contributed by atoms with Crippen molar-refractivity contribution in [2.24, 2.45) is 0 Å². The molecule has 1 amide bonds. The second-order valence-electron chi connectivity index (χ2n) is 7.62. The van der Waals surface area contributed by atoms with Gasteiger partial charge < -0.3 is 5.32 Å². The van der Waals surface area contributed by atoms with E-state index in [1.165, 1.54) is 11.1 Å². The van der Waals surface area contributed by atoms with Crippen molar-refractivity contribution in [3.63, 3.8) is 0 Å². The molecule has 3 nitrogen and oxygen atoms in total. The van der Waals surface area contributed by atoms with Crippen LogP contribution >= 0.6 is 11.6 Å². The molecule has 0 radical (unpaired) electrons. The summed E-state index contributed by atoms with van der Waals surface area (Å²) in [5, 5.41) is 4.00. The Morgan fingerprint density at radius 1 is 1.12 bits per heavy atom. The predicted molar refractivity (Wildman–Crippen MR) is 105 cm³/mol. The molecule has 1 aliphatic carbocycles. The standard InChI is InChI=1S/C22H25ClN2O/c23-19-10-8-18(9-11-19)22(12-13-22)16-24-21(26)20-7-4-14-25(20)15-17-5-2-1-3-6-17/h1-3,5-6,8-11,20H,4,7,12-16H2,(H,24,26). The van der Waals surface area contributed by atoms with E-state index in [1.54, 1.807) is 0 Å². The molecule has 2 aromatic rings. The lowest BCUT2D eigenvalue weighted by atomic mass is 9.96. The number of nitrogens with zero attached hydrogens (tertiary/aromatic N) is 1. The van der Waals surface area contributed by atoms with Gasteiger partial charge in [-0.25, -0.2) is 0 Å². The quantitative estimate of drug-likeness (QED) is 0.830. The number of nitrogens with one attached hydrogen (secondary N) is 1. The highest BCUT2D eigenvalue weighted by atomic mass is 35.5. The van der Waals surface area contributed by atoms with E-state index in [1.807, 2.05) is 18.2 Å². The number of hydrogen-bond acceptors (Lipinski definition) is 2. The third kappa shape index (κ3) is 3.79. The van der Waals surface area contributed by atoms with Gasteiger partial charge in [-0.15, -0.1) is 0 Å². The van der Waals surface area contributed by atoms with Gasteiger partial charge in [-0.2, -0.15) is 0 Å². The van der Waals surface area contributed by atoms with E-state index in [0.29, 0.717) is 0 Å². The molecule has 2 aliphatic rings. The average molecular weight is 369 g/mol. The van der Waals surface area contributed by atoms with E-state index in [-0.39, 0.29) is 17.4 Å². The van der Waals surface area contributed by atoms with Crippen molar-refractivity contribution in [1.29, 1.82) is 0 Å². The van der Waals surface area contributed by atoms with E-state index < -0.39 is 0 Å². The highest BCUT2D eigenvalue weighted by Crippen LogP contribution is 2.47. The van der Waals surface area contributed by atoms with Gasteiger partial charge in [-0.1, -0.05) is 54.1 Å². The molecular formula is C22H25ClN2O. The van der Waals surface area contributed by atoms with Gasteiger partial charge in [-0.05, 0) is 55.5 Å².